The smallest absolute Gasteiger partial charge is 0.320 e. The normalized spacial score (nSPS) is 12.7. The van der Waals surface area contributed by atoms with Crippen molar-refractivity contribution in [3.63, 3.8) is 0 Å². The van der Waals surface area contributed by atoms with Crippen LogP contribution in [0, 0.1) is 0 Å². The second kappa shape index (κ2) is 6.49. The Morgan fingerprint density at radius 3 is 2.55 bits per heavy atom. The molecule has 0 aromatic heterocycles. The number of sulfonamides is 1. The van der Waals surface area contributed by atoms with Gasteiger partial charge in [-0.05, 0) is 24.6 Å². The van der Waals surface area contributed by atoms with Gasteiger partial charge in [-0.25, -0.2) is 13.1 Å². The fourth-order valence-electron chi connectivity index (χ4n) is 1.63. The molecule has 0 aliphatic carbocycles. The Morgan fingerprint density at radius 1 is 1.35 bits per heavy atom. The standard InChI is InChI=1S/C12H16N2O5S/c1-8(14-20(18,19)7-12(16)17)10-4-3-5-11(6-10)13-9(2)15/h3-6,8,14H,7H2,1-2H3,(H,13,15)(H,16,17). The van der Waals surface area contributed by atoms with E-state index in [2.05, 4.69) is 10.0 Å². The van der Waals surface area contributed by atoms with E-state index in [0.717, 1.165) is 0 Å². The fraction of sp³-hybridized carbons (Fsp3) is 0.333. The summed E-state index contributed by atoms with van der Waals surface area (Å²) >= 11 is 0. The Kier molecular flexibility index (Phi) is 5.23. The fourth-order valence-corrected chi connectivity index (χ4v) is 2.71. The number of nitrogens with one attached hydrogen (secondary N) is 2. The van der Waals surface area contributed by atoms with E-state index in [1.807, 2.05) is 0 Å². The molecule has 0 radical (unpaired) electrons. The first-order chi connectivity index (χ1) is 9.19. The van der Waals surface area contributed by atoms with Crippen LogP contribution in [-0.4, -0.2) is 31.2 Å². The van der Waals surface area contributed by atoms with Crippen molar-refractivity contribution in [1.82, 2.24) is 4.72 Å². The maximum atomic E-state index is 11.5. The van der Waals surface area contributed by atoms with E-state index in [4.69, 9.17) is 5.11 Å². The molecule has 0 bridgehead atoms. The summed E-state index contributed by atoms with van der Waals surface area (Å²) in [5, 5.41) is 11.1. The third-order valence-corrected chi connectivity index (χ3v) is 3.72. The van der Waals surface area contributed by atoms with Crippen LogP contribution in [-0.2, 0) is 19.6 Å². The molecule has 8 heteroatoms. The number of carboxylic acids is 1. The quantitative estimate of drug-likeness (QED) is 0.716. The lowest BCUT2D eigenvalue weighted by Crippen LogP contribution is -2.32. The third kappa shape index (κ3) is 5.37. The van der Waals surface area contributed by atoms with E-state index in [1.165, 1.54) is 6.92 Å². The molecule has 1 aromatic rings. The summed E-state index contributed by atoms with van der Waals surface area (Å²) in [4.78, 5) is 21.4. The Bertz CT molecular complexity index is 612. The molecular formula is C12H16N2O5S. The van der Waals surface area contributed by atoms with Gasteiger partial charge in [-0.3, -0.25) is 9.59 Å². The van der Waals surface area contributed by atoms with Gasteiger partial charge in [-0.2, -0.15) is 0 Å². The number of carbonyl (C=O) groups excluding carboxylic acids is 1. The highest BCUT2D eigenvalue weighted by Gasteiger charge is 2.19. The summed E-state index contributed by atoms with van der Waals surface area (Å²) in [6.07, 6.45) is 0. The first-order valence-corrected chi connectivity index (χ1v) is 7.44. The van der Waals surface area contributed by atoms with Gasteiger partial charge < -0.3 is 10.4 Å². The highest BCUT2D eigenvalue weighted by molar-refractivity contribution is 7.90. The Hall–Kier alpha value is -1.93. The summed E-state index contributed by atoms with van der Waals surface area (Å²) < 4.78 is 25.3. The predicted octanol–water partition coefficient (Wildman–Crippen LogP) is 0.710. The number of aliphatic carboxylic acids is 1. The van der Waals surface area contributed by atoms with Crippen molar-refractivity contribution < 1.29 is 23.1 Å². The van der Waals surface area contributed by atoms with Gasteiger partial charge in [-0.15, -0.1) is 0 Å². The lowest BCUT2D eigenvalue weighted by Gasteiger charge is -2.15. The third-order valence-electron chi connectivity index (χ3n) is 2.38. The van der Waals surface area contributed by atoms with Crippen LogP contribution in [0.1, 0.15) is 25.5 Å². The minimum atomic E-state index is -3.90. The summed E-state index contributed by atoms with van der Waals surface area (Å²) in [6.45, 7) is 2.96. The van der Waals surface area contributed by atoms with Crippen LogP contribution < -0.4 is 10.0 Å². The molecule has 1 amide bonds. The first-order valence-electron chi connectivity index (χ1n) is 5.79. The van der Waals surface area contributed by atoms with Crippen LogP contribution in [0.5, 0.6) is 0 Å². The van der Waals surface area contributed by atoms with Crippen molar-refractivity contribution in [2.45, 2.75) is 19.9 Å². The Morgan fingerprint density at radius 2 is 2.00 bits per heavy atom. The number of hydrogen-bond donors (Lipinski definition) is 3. The van der Waals surface area contributed by atoms with Gasteiger partial charge in [0.25, 0.3) is 0 Å². The highest BCUT2D eigenvalue weighted by Crippen LogP contribution is 2.18. The number of carbonyl (C=O) groups is 2. The molecule has 0 aliphatic rings. The molecule has 0 spiro atoms. The number of benzene rings is 1. The molecule has 3 N–H and O–H groups in total. The summed E-state index contributed by atoms with van der Waals surface area (Å²) in [6, 6.07) is 6.04. The van der Waals surface area contributed by atoms with Gasteiger partial charge in [0.15, 0.2) is 5.75 Å². The molecule has 0 fully saturated rings. The molecule has 0 saturated heterocycles. The number of amides is 1. The van der Waals surface area contributed by atoms with E-state index < -0.39 is 27.8 Å². The molecule has 1 atom stereocenters. The lowest BCUT2D eigenvalue weighted by molar-refractivity contribution is -0.134. The van der Waals surface area contributed by atoms with Crippen LogP contribution in [0.4, 0.5) is 5.69 Å². The van der Waals surface area contributed by atoms with Crippen molar-refractivity contribution in [3.8, 4) is 0 Å². The monoisotopic (exact) mass is 300 g/mol. The second-order valence-corrected chi connectivity index (χ2v) is 6.05. The van der Waals surface area contributed by atoms with E-state index in [9.17, 15) is 18.0 Å². The maximum absolute atomic E-state index is 11.5. The zero-order valence-electron chi connectivity index (χ0n) is 11.1. The van der Waals surface area contributed by atoms with Gasteiger partial charge >= 0.3 is 5.97 Å². The average Bonchev–Trinajstić information content (AvgIpc) is 2.25. The van der Waals surface area contributed by atoms with Crippen LogP contribution >= 0.6 is 0 Å². The molecule has 1 rings (SSSR count). The largest absolute Gasteiger partial charge is 0.480 e. The SMILES string of the molecule is CC(=O)Nc1cccc(C(C)NS(=O)(=O)CC(=O)O)c1. The number of rotatable bonds is 6. The minimum absolute atomic E-state index is 0.235. The number of carboxylic acid groups (broad SMARTS) is 1. The molecule has 20 heavy (non-hydrogen) atoms. The van der Waals surface area contributed by atoms with E-state index in [0.29, 0.717) is 11.3 Å². The van der Waals surface area contributed by atoms with Crippen LogP contribution in [0.15, 0.2) is 24.3 Å². The van der Waals surface area contributed by atoms with Gasteiger partial charge in [0, 0.05) is 18.7 Å². The summed E-state index contributed by atoms with van der Waals surface area (Å²) in [7, 11) is -3.90. The van der Waals surface area contributed by atoms with Crippen molar-refractivity contribution >= 4 is 27.6 Å². The van der Waals surface area contributed by atoms with Gasteiger partial charge in [0.2, 0.25) is 15.9 Å². The number of hydrogen-bond acceptors (Lipinski definition) is 4. The second-order valence-electron chi connectivity index (χ2n) is 4.30. The highest BCUT2D eigenvalue weighted by atomic mass is 32.2. The van der Waals surface area contributed by atoms with E-state index in [1.54, 1.807) is 31.2 Å². The van der Waals surface area contributed by atoms with Crippen molar-refractivity contribution in [1.29, 1.82) is 0 Å². The molecule has 1 unspecified atom stereocenters. The van der Waals surface area contributed by atoms with Crippen LogP contribution in [0.3, 0.4) is 0 Å². The van der Waals surface area contributed by atoms with E-state index in [-0.39, 0.29) is 5.91 Å². The van der Waals surface area contributed by atoms with Gasteiger partial charge in [-0.1, -0.05) is 12.1 Å². The molecule has 0 aliphatic heterocycles. The zero-order valence-corrected chi connectivity index (χ0v) is 11.9. The number of anilines is 1. The minimum Gasteiger partial charge on any atom is -0.480 e. The van der Waals surface area contributed by atoms with Crippen LogP contribution in [0.2, 0.25) is 0 Å². The summed E-state index contributed by atoms with van der Waals surface area (Å²) in [5.41, 5.74) is 1.16. The summed E-state index contributed by atoms with van der Waals surface area (Å²) in [5.74, 6) is -2.64. The Balaban J connectivity index is 2.84. The van der Waals surface area contributed by atoms with Crippen molar-refractivity contribution in [2.24, 2.45) is 0 Å². The molecule has 0 saturated carbocycles. The average molecular weight is 300 g/mol. The van der Waals surface area contributed by atoms with Crippen molar-refractivity contribution in [2.75, 3.05) is 11.1 Å². The molecule has 7 nitrogen and oxygen atoms in total. The molecule has 110 valence electrons. The van der Waals surface area contributed by atoms with E-state index >= 15 is 0 Å². The van der Waals surface area contributed by atoms with Gasteiger partial charge in [0.1, 0.15) is 0 Å². The van der Waals surface area contributed by atoms with Gasteiger partial charge in [0.05, 0.1) is 0 Å². The predicted molar refractivity (Wildman–Crippen MR) is 73.7 cm³/mol. The zero-order chi connectivity index (χ0) is 15.3. The maximum Gasteiger partial charge on any atom is 0.320 e. The molecule has 0 heterocycles. The van der Waals surface area contributed by atoms with Crippen molar-refractivity contribution in [3.05, 3.63) is 29.8 Å². The molecule has 1 aromatic carbocycles. The van der Waals surface area contributed by atoms with Crippen LogP contribution in [0.25, 0.3) is 0 Å². The lowest BCUT2D eigenvalue weighted by atomic mass is 10.1. The molecular weight excluding hydrogens is 284 g/mol. The first kappa shape index (κ1) is 16.1. The topological polar surface area (TPSA) is 113 Å². The Labute approximate surface area is 117 Å².